The first kappa shape index (κ1) is 13.3. The third-order valence-electron chi connectivity index (χ3n) is 3.27. The van der Waals surface area contributed by atoms with Gasteiger partial charge < -0.3 is 4.90 Å². The highest BCUT2D eigenvalue weighted by Crippen LogP contribution is 2.19. The quantitative estimate of drug-likeness (QED) is 0.772. The van der Waals surface area contributed by atoms with Gasteiger partial charge in [-0.3, -0.25) is 4.79 Å². The Bertz CT molecular complexity index is 442. The number of halogens is 1. The molecule has 1 aromatic rings. The van der Waals surface area contributed by atoms with Crippen LogP contribution in [0.3, 0.4) is 0 Å². The molecule has 1 amide bonds. The Balaban J connectivity index is 2.20. The maximum Gasteiger partial charge on any atom is 0.255 e. The van der Waals surface area contributed by atoms with Gasteiger partial charge in [-0.2, -0.15) is 10.2 Å². The molecule has 0 unspecified atom stereocenters. The van der Waals surface area contributed by atoms with Crippen LogP contribution in [0, 0.1) is 6.92 Å². The largest absolute Gasteiger partial charge is 0.338 e. The number of carbonyl (C=O) groups excluding carboxylic acids is 1. The van der Waals surface area contributed by atoms with Crippen LogP contribution in [0.5, 0.6) is 0 Å². The lowest BCUT2D eigenvalue weighted by Gasteiger charge is -2.29. The molecule has 0 atom stereocenters. The highest BCUT2D eigenvalue weighted by molar-refractivity contribution is 6.20. The van der Waals surface area contributed by atoms with Gasteiger partial charge in [0, 0.05) is 18.5 Å². The number of hydrogen-bond acceptors (Lipinski definition) is 3. The van der Waals surface area contributed by atoms with Gasteiger partial charge in [-0.15, -0.1) is 11.6 Å². The van der Waals surface area contributed by atoms with Gasteiger partial charge in [-0.05, 0) is 32.3 Å². The summed E-state index contributed by atoms with van der Waals surface area (Å²) in [6.07, 6.45) is 2.46. The molecule has 1 aromatic heterocycles. The van der Waals surface area contributed by atoms with E-state index in [0.717, 1.165) is 43.7 Å². The molecule has 98 valence electrons. The van der Waals surface area contributed by atoms with Crippen molar-refractivity contribution in [1.82, 2.24) is 15.1 Å². The minimum atomic E-state index is 0.0633. The second kappa shape index (κ2) is 5.65. The number of piperidine rings is 1. The van der Waals surface area contributed by atoms with E-state index in [4.69, 9.17) is 11.6 Å². The van der Waals surface area contributed by atoms with E-state index < -0.39 is 0 Å². The Hall–Kier alpha value is -1.16. The summed E-state index contributed by atoms with van der Waals surface area (Å²) in [7, 11) is 0. The molecular weight excluding hydrogens is 250 g/mol. The maximum absolute atomic E-state index is 12.5. The van der Waals surface area contributed by atoms with Crippen molar-refractivity contribution in [2.24, 2.45) is 0 Å². The molecule has 1 aliphatic heterocycles. The Morgan fingerprint density at radius 2 is 2.11 bits per heavy atom. The molecule has 2 heterocycles. The number of aromatic nitrogens is 2. The topological polar surface area (TPSA) is 46.1 Å². The molecule has 0 aromatic carbocycles. The van der Waals surface area contributed by atoms with Gasteiger partial charge in [-0.25, -0.2) is 0 Å². The van der Waals surface area contributed by atoms with Gasteiger partial charge in [0.1, 0.15) is 0 Å². The summed E-state index contributed by atoms with van der Waals surface area (Å²) in [6, 6.07) is 1.83. The van der Waals surface area contributed by atoms with E-state index >= 15 is 0 Å². The molecule has 1 fully saturated rings. The van der Waals surface area contributed by atoms with Crippen LogP contribution in [-0.4, -0.2) is 39.5 Å². The fraction of sp³-hybridized carbons (Fsp3) is 0.615. The number of likely N-dealkylation sites (tertiary alicyclic amines) is 1. The van der Waals surface area contributed by atoms with E-state index in [0.29, 0.717) is 5.56 Å². The lowest BCUT2D eigenvalue weighted by molar-refractivity contribution is 0.0724. The van der Waals surface area contributed by atoms with E-state index in [-0.39, 0.29) is 11.3 Å². The number of hydrogen-bond donors (Lipinski definition) is 0. The van der Waals surface area contributed by atoms with E-state index in [1.54, 1.807) is 0 Å². The van der Waals surface area contributed by atoms with Crippen LogP contribution in [0.4, 0.5) is 0 Å². The number of nitrogens with zero attached hydrogens (tertiary/aromatic N) is 3. The SMILES string of the molecule is CCc1nnc(C)cc1C(=O)N1CCC(Cl)CC1. The van der Waals surface area contributed by atoms with Crippen LogP contribution in [-0.2, 0) is 6.42 Å². The van der Waals surface area contributed by atoms with Crippen LogP contribution in [0.25, 0.3) is 0 Å². The second-order valence-electron chi connectivity index (χ2n) is 4.67. The number of aryl methyl sites for hydroxylation is 2. The van der Waals surface area contributed by atoms with Crippen molar-refractivity contribution in [1.29, 1.82) is 0 Å². The Kier molecular flexibility index (Phi) is 4.17. The monoisotopic (exact) mass is 267 g/mol. The fourth-order valence-corrected chi connectivity index (χ4v) is 2.38. The van der Waals surface area contributed by atoms with Crippen LogP contribution >= 0.6 is 11.6 Å². The maximum atomic E-state index is 12.5. The lowest BCUT2D eigenvalue weighted by Crippen LogP contribution is -2.39. The molecule has 2 rings (SSSR count). The van der Waals surface area contributed by atoms with Gasteiger partial charge in [0.25, 0.3) is 5.91 Å². The number of rotatable bonds is 2. The van der Waals surface area contributed by atoms with E-state index in [2.05, 4.69) is 10.2 Å². The van der Waals surface area contributed by atoms with Crippen LogP contribution in [0.15, 0.2) is 6.07 Å². The third-order valence-corrected chi connectivity index (χ3v) is 3.71. The predicted molar refractivity (Wildman–Crippen MR) is 70.9 cm³/mol. The molecule has 0 bridgehead atoms. The average Bonchev–Trinajstić information content (AvgIpc) is 2.39. The van der Waals surface area contributed by atoms with Crippen molar-refractivity contribution < 1.29 is 4.79 Å². The number of amides is 1. The summed E-state index contributed by atoms with van der Waals surface area (Å²) in [6.45, 7) is 5.31. The predicted octanol–water partition coefficient (Wildman–Crippen LogP) is 2.19. The minimum absolute atomic E-state index is 0.0633. The first-order valence-corrected chi connectivity index (χ1v) is 6.82. The molecule has 1 aliphatic rings. The molecule has 5 heteroatoms. The normalized spacial score (nSPS) is 16.9. The third kappa shape index (κ3) is 2.80. The number of carbonyl (C=O) groups is 1. The van der Waals surface area contributed by atoms with Crippen LogP contribution in [0.2, 0.25) is 0 Å². The molecule has 0 N–H and O–H groups in total. The summed E-state index contributed by atoms with van der Waals surface area (Å²) >= 11 is 6.06. The summed E-state index contributed by atoms with van der Waals surface area (Å²) in [5.74, 6) is 0.0633. The highest BCUT2D eigenvalue weighted by atomic mass is 35.5. The molecular formula is C13H18ClN3O. The van der Waals surface area contributed by atoms with E-state index in [1.165, 1.54) is 0 Å². The van der Waals surface area contributed by atoms with Crippen molar-refractivity contribution in [3.05, 3.63) is 23.0 Å². The van der Waals surface area contributed by atoms with E-state index in [1.807, 2.05) is 24.8 Å². The molecule has 0 radical (unpaired) electrons. The average molecular weight is 268 g/mol. The standard InChI is InChI=1S/C13H18ClN3O/c1-3-12-11(8-9(2)15-16-12)13(18)17-6-4-10(14)5-7-17/h8,10H,3-7H2,1-2H3. The zero-order chi connectivity index (χ0) is 13.1. The van der Waals surface area contributed by atoms with Crippen LogP contribution in [0.1, 0.15) is 41.5 Å². The molecule has 0 spiro atoms. The van der Waals surface area contributed by atoms with Gasteiger partial charge >= 0.3 is 0 Å². The molecule has 0 saturated carbocycles. The van der Waals surface area contributed by atoms with Crippen molar-refractivity contribution in [2.45, 2.75) is 38.5 Å². The van der Waals surface area contributed by atoms with Crippen LogP contribution < -0.4 is 0 Å². The zero-order valence-electron chi connectivity index (χ0n) is 10.8. The van der Waals surface area contributed by atoms with Crippen molar-refractivity contribution in [3.8, 4) is 0 Å². The fourth-order valence-electron chi connectivity index (χ4n) is 2.18. The summed E-state index contributed by atoms with van der Waals surface area (Å²) in [5, 5.41) is 8.32. The van der Waals surface area contributed by atoms with Crippen molar-refractivity contribution >= 4 is 17.5 Å². The zero-order valence-corrected chi connectivity index (χ0v) is 11.6. The van der Waals surface area contributed by atoms with Crippen molar-refractivity contribution in [3.63, 3.8) is 0 Å². The van der Waals surface area contributed by atoms with Gasteiger partial charge in [0.05, 0.1) is 17.0 Å². The lowest BCUT2D eigenvalue weighted by atomic mass is 10.1. The first-order valence-electron chi connectivity index (χ1n) is 6.38. The van der Waals surface area contributed by atoms with Gasteiger partial charge in [0.2, 0.25) is 0 Å². The molecule has 4 nitrogen and oxygen atoms in total. The molecule has 18 heavy (non-hydrogen) atoms. The number of alkyl halides is 1. The minimum Gasteiger partial charge on any atom is -0.338 e. The Morgan fingerprint density at radius 3 is 2.72 bits per heavy atom. The molecule has 0 aliphatic carbocycles. The Morgan fingerprint density at radius 1 is 1.44 bits per heavy atom. The summed E-state index contributed by atoms with van der Waals surface area (Å²) in [4.78, 5) is 14.3. The first-order chi connectivity index (χ1) is 8.61. The summed E-state index contributed by atoms with van der Waals surface area (Å²) in [5.41, 5.74) is 2.25. The van der Waals surface area contributed by atoms with Crippen molar-refractivity contribution in [2.75, 3.05) is 13.1 Å². The Labute approximate surface area is 112 Å². The van der Waals surface area contributed by atoms with E-state index in [9.17, 15) is 4.79 Å². The van der Waals surface area contributed by atoms with Gasteiger partial charge in [0.15, 0.2) is 0 Å². The van der Waals surface area contributed by atoms with Gasteiger partial charge in [-0.1, -0.05) is 6.92 Å². The highest BCUT2D eigenvalue weighted by Gasteiger charge is 2.24. The molecule has 1 saturated heterocycles. The smallest absolute Gasteiger partial charge is 0.255 e. The summed E-state index contributed by atoms with van der Waals surface area (Å²) < 4.78 is 0. The second-order valence-corrected chi connectivity index (χ2v) is 5.28.